The molecule has 0 aliphatic carbocycles. The molecule has 0 unspecified atom stereocenters. The van der Waals surface area contributed by atoms with Gasteiger partial charge in [-0.3, -0.25) is 4.57 Å². The first kappa shape index (κ1) is 19.4. The number of nitrogens with one attached hydrogen (secondary N) is 1. The minimum absolute atomic E-state index is 0.330. The average molecular weight is 424 g/mol. The maximum atomic E-state index is 10.5. The zero-order valence-corrected chi connectivity index (χ0v) is 16.2. The van der Waals surface area contributed by atoms with Crippen LogP contribution in [0, 0.1) is 0 Å². The van der Waals surface area contributed by atoms with Crippen LogP contribution in [0.2, 0.25) is 10.0 Å². The van der Waals surface area contributed by atoms with E-state index in [4.69, 9.17) is 27.9 Å². The molecular formula is C19H19Cl2N3O4. The van der Waals surface area contributed by atoms with Gasteiger partial charge in [-0.15, -0.1) is 0 Å². The van der Waals surface area contributed by atoms with Gasteiger partial charge >= 0.3 is 0 Å². The number of aliphatic hydroxyl groups excluding tert-OH is 3. The standard InChI is InChI=1S/C19H19Cl2N3O4/c20-11-6-13-14(7-12(11)21)24(18-17(27)16(26)15(9-25)28-18)19(23-13)22-8-10-4-2-1-3-5-10/h1-7,15-18,25-27H,8-9H2,(H,22,23)/t15-,16-,17-,18-/m0/s1. The first-order valence-electron chi connectivity index (χ1n) is 8.77. The number of hydrogen-bond acceptors (Lipinski definition) is 6. The lowest BCUT2D eigenvalue weighted by molar-refractivity contribution is -0.0499. The summed E-state index contributed by atoms with van der Waals surface area (Å²) in [5.41, 5.74) is 2.18. The Morgan fingerprint density at radius 3 is 2.46 bits per heavy atom. The molecule has 4 rings (SSSR count). The minimum Gasteiger partial charge on any atom is -0.394 e. The number of aliphatic hydroxyl groups is 3. The summed E-state index contributed by atoms with van der Waals surface area (Å²) in [5.74, 6) is 0.423. The molecule has 148 valence electrons. The van der Waals surface area contributed by atoms with E-state index in [1.807, 2.05) is 30.3 Å². The zero-order chi connectivity index (χ0) is 19.8. The van der Waals surface area contributed by atoms with Crippen LogP contribution in [0.15, 0.2) is 42.5 Å². The summed E-state index contributed by atoms with van der Waals surface area (Å²) in [7, 11) is 0. The van der Waals surface area contributed by atoms with Crippen molar-refractivity contribution in [2.75, 3.05) is 11.9 Å². The van der Waals surface area contributed by atoms with Gasteiger partial charge in [-0.05, 0) is 17.7 Å². The Morgan fingerprint density at radius 1 is 1.07 bits per heavy atom. The Balaban J connectivity index is 1.76. The highest BCUT2D eigenvalue weighted by molar-refractivity contribution is 6.42. The van der Waals surface area contributed by atoms with Crippen LogP contribution < -0.4 is 5.32 Å². The normalized spacial score (nSPS) is 24.8. The number of nitrogens with zero attached hydrogens (tertiary/aromatic N) is 2. The third kappa shape index (κ3) is 3.45. The van der Waals surface area contributed by atoms with Crippen molar-refractivity contribution in [3.8, 4) is 0 Å². The van der Waals surface area contributed by atoms with Gasteiger partial charge in [0.25, 0.3) is 0 Å². The molecular weight excluding hydrogens is 405 g/mol. The Bertz CT molecular complexity index is 982. The first-order chi connectivity index (χ1) is 13.5. The SMILES string of the molecule is OC[C@@H]1O[C@H](n2c(NCc3ccccc3)nc3cc(Cl)c(Cl)cc32)[C@@H](O)[C@H]1O. The second-order valence-electron chi connectivity index (χ2n) is 6.63. The lowest BCUT2D eigenvalue weighted by atomic mass is 10.1. The average Bonchev–Trinajstić information content (AvgIpc) is 3.18. The van der Waals surface area contributed by atoms with Crippen LogP contribution in [0.3, 0.4) is 0 Å². The first-order valence-corrected chi connectivity index (χ1v) is 9.52. The summed E-state index contributed by atoms with van der Waals surface area (Å²) in [5, 5.41) is 34.0. The number of imidazole rings is 1. The molecule has 4 atom stereocenters. The summed E-state index contributed by atoms with van der Waals surface area (Å²) in [6, 6.07) is 13.0. The summed E-state index contributed by atoms with van der Waals surface area (Å²) in [6.07, 6.45) is -4.33. The highest BCUT2D eigenvalue weighted by Gasteiger charge is 2.44. The molecule has 2 aromatic carbocycles. The van der Waals surface area contributed by atoms with Gasteiger partial charge < -0.3 is 25.4 Å². The van der Waals surface area contributed by atoms with Gasteiger partial charge in [0, 0.05) is 6.54 Å². The summed E-state index contributed by atoms with van der Waals surface area (Å²) >= 11 is 12.3. The number of benzene rings is 2. The fraction of sp³-hybridized carbons (Fsp3) is 0.316. The maximum Gasteiger partial charge on any atom is 0.206 e. The maximum absolute atomic E-state index is 10.5. The molecule has 1 saturated heterocycles. The monoisotopic (exact) mass is 423 g/mol. The van der Waals surface area contributed by atoms with Crippen LogP contribution in [-0.2, 0) is 11.3 Å². The molecule has 7 nitrogen and oxygen atoms in total. The third-order valence-electron chi connectivity index (χ3n) is 4.80. The van der Waals surface area contributed by atoms with Gasteiger partial charge in [-0.2, -0.15) is 0 Å². The van der Waals surface area contributed by atoms with Gasteiger partial charge in [-0.25, -0.2) is 4.98 Å². The van der Waals surface area contributed by atoms with Crippen molar-refractivity contribution in [1.82, 2.24) is 9.55 Å². The van der Waals surface area contributed by atoms with Crippen LogP contribution in [0.4, 0.5) is 5.95 Å². The Morgan fingerprint density at radius 2 is 1.79 bits per heavy atom. The zero-order valence-electron chi connectivity index (χ0n) is 14.7. The summed E-state index contributed by atoms with van der Waals surface area (Å²) < 4.78 is 7.34. The number of halogens is 2. The molecule has 9 heteroatoms. The molecule has 0 saturated carbocycles. The lowest BCUT2D eigenvalue weighted by Gasteiger charge is -2.20. The minimum atomic E-state index is -1.25. The number of fused-ring (bicyclic) bond motifs is 1. The van der Waals surface area contributed by atoms with Crippen molar-refractivity contribution in [3.63, 3.8) is 0 Å². The van der Waals surface area contributed by atoms with E-state index < -0.39 is 31.1 Å². The fourth-order valence-electron chi connectivity index (χ4n) is 3.34. The van der Waals surface area contributed by atoms with Gasteiger partial charge in [0.15, 0.2) is 6.23 Å². The molecule has 1 fully saturated rings. The van der Waals surface area contributed by atoms with Crippen molar-refractivity contribution >= 4 is 40.2 Å². The molecule has 1 aromatic heterocycles. The Kier molecular flexibility index (Phi) is 5.46. The molecule has 0 spiro atoms. The Labute approximate surface area is 171 Å². The predicted octanol–water partition coefficient (Wildman–Crippen LogP) is 2.57. The molecule has 0 amide bonds. The molecule has 3 aromatic rings. The van der Waals surface area contributed by atoms with Gasteiger partial charge in [0.2, 0.25) is 5.95 Å². The highest BCUT2D eigenvalue weighted by atomic mass is 35.5. The molecule has 4 N–H and O–H groups in total. The smallest absolute Gasteiger partial charge is 0.206 e. The van der Waals surface area contributed by atoms with Gasteiger partial charge in [0.05, 0.1) is 27.7 Å². The van der Waals surface area contributed by atoms with E-state index in [0.29, 0.717) is 33.6 Å². The van der Waals surface area contributed by atoms with Crippen molar-refractivity contribution in [2.24, 2.45) is 0 Å². The van der Waals surface area contributed by atoms with Crippen LogP contribution >= 0.6 is 23.2 Å². The van der Waals surface area contributed by atoms with E-state index in [2.05, 4.69) is 10.3 Å². The number of aromatic nitrogens is 2. The Hall–Kier alpha value is -1.87. The predicted molar refractivity (Wildman–Crippen MR) is 107 cm³/mol. The highest BCUT2D eigenvalue weighted by Crippen LogP contribution is 2.37. The van der Waals surface area contributed by atoms with Gasteiger partial charge in [-0.1, -0.05) is 53.5 Å². The fourth-order valence-corrected chi connectivity index (χ4v) is 3.66. The largest absolute Gasteiger partial charge is 0.394 e. The van der Waals surface area contributed by atoms with Crippen molar-refractivity contribution in [1.29, 1.82) is 0 Å². The van der Waals surface area contributed by atoms with E-state index in [1.54, 1.807) is 16.7 Å². The van der Waals surface area contributed by atoms with Crippen molar-refractivity contribution in [3.05, 3.63) is 58.1 Å². The molecule has 1 aliphatic rings. The summed E-state index contributed by atoms with van der Waals surface area (Å²) in [4.78, 5) is 4.56. The summed E-state index contributed by atoms with van der Waals surface area (Å²) in [6.45, 7) is 0.0706. The second-order valence-corrected chi connectivity index (χ2v) is 7.44. The molecule has 28 heavy (non-hydrogen) atoms. The quantitative estimate of drug-likeness (QED) is 0.503. The van der Waals surface area contributed by atoms with Gasteiger partial charge in [0.1, 0.15) is 18.3 Å². The van der Waals surface area contributed by atoms with Crippen molar-refractivity contribution in [2.45, 2.75) is 31.1 Å². The molecule has 0 bridgehead atoms. The molecule has 1 aliphatic heterocycles. The van der Waals surface area contributed by atoms with Crippen LogP contribution in [-0.4, -0.2) is 49.8 Å². The number of hydrogen-bond donors (Lipinski definition) is 4. The number of anilines is 1. The van der Waals surface area contributed by atoms with E-state index in [0.717, 1.165) is 5.56 Å². The van der Waals surface area contributed by atoms with Crippen molar-refractivity contribution < 1.29 is 20.1 Å². The van der Waals surface area contributed by atoms with Crippen LogP contribution in [0.25, 0.3) is 11.0 Å². The second kappa shape index (κ2) is 7.87. The van der Waals surface area contributed by atoms with E-state index in [-0.39, 0.29) is 0 Å². The number of rotatable bonds is 5. The molecule has 2 heterocycles. The van der Waals surface area contributed by atoms with Crippen LogP contribution in [0.1, 0.15) is 11.8 Å². The topological polar surface area (TPSA) is 99.8 Å². The van der Waals surface area contributed by atoms with E-state index in [9.17, 15) is 15.3 Å². The van der Waals surface area contributed by atoms with E-state index in [1.165, 1.54) is 0 Å². The lowest BCUT2D eigenvalue weighted by Crippen LogP contribution is -2.33. The third-order valence-corrected chi connectivity index (χ3v) is 5.52. The molecule has 0 radical (unpaired) electrons. The van der Waals surface area contributed by atoms with E-state index >= 15 is 0 Å². The van der Waals surface area contributed by atoms with Crippen LogP contribution in [0.5, 0.6) is 0 Å². The number of ether oxygens (including phenoxy) is 1.